The number of aromatic nitrogens is 1. The number of esters is 1. The van der Waals surface area contributed by atoms with Gasteiger partial charge in [0.05, 0.1) is 24.3 Å². The second-order valence-electron chi connectivity index (χ2n) is 8.71. The van der Waals surface area contributed by atoms with E-state index in [1.165, 1.54) is 30.3 Å². The van der Waals surface area contributed by atoms with Gasteiger partial charge < -0.3 is 9.72 Å². The summed E-state index contributed by atoms with van der Waals surface area (Å²) in [5.41, 5.74) is 2.39. The molecular weight excluding hydrogens is 526 g/mol. The number of anilines is 1. The third kappa shape index (κ3) is 4.75. The van der Waals surface area contributed by atoms with E-state index in [-0.39, 0.29) is 35.0 Å². The molecule has 0 saturated carbocycles. The fourth-order valence-electron chi connectivity index (χ4n) is 4.61. The van der Waals surface area contributed by atoms with Crippen LogP contribution >= 0.6 is 11.3 Å². The van der Waals surface area contributed by atoms with Crippen molar-refractivity contribution >= 4 is 55.7 Å². The lowest BCUT2D eigenvalue weighted by atomic mass is 10.1. The van der Waals surface area contributed by atoms with Gasteiger partial charge in [-0.1, -0.05) is 24.3 Å². The second-order valence-corrected chi connectivity index (χ2v) is 11.8. The minimum atomic E-state index is -4.05. The first-order chi connectivity index (χ1) is 18.3. The van der Waals surface area contributed by atoms with E-state index in [4.69, 9.17) is 4.74 Å². The number of amides is 2. The van der Waals surface area contributed by atoms with Crippen LogP contribution in [-0.2, 0) is 30.8 Å². The van der Waals surface area contributed by atoms with Gasteiger partial charge in [-0.3, -0.25) is 9.59 Å². The predicted molar refractivity (Wildman–Crippen MR) is 144 cm³/mol. The van der Waals surface area contributed by atoms with E-state index in [9.17, 15) is 22.8 Å². The molecule has 0 radical (unpaired) electrons. The number of rotatable bonds is 9. The van der Waals surface area contributed by atoms with Crippen molar-refractivity contribution in [1.82, 2.24) is 9.29 Å². The number of hydrogen-bond acceptors (Lipinski definition) is 7. The van der Waals surface area contributed by atoms with Gasteiger partial charge in [0.2, 0.25) is 5.91 Å². The largest absolute Gasteiger partial charge is 0.462 e. The van der Waals surface area contributed by atoms with Gasteiger partial charge in [-0.25, -0.2) is 18.1 Å². The normalized spacial score (nSPS) is 16.1. The maximum absolute atomic E-state index is 13.7. The van der Waals surface area contributed by atoms with Crippen molar-refractivity contribution < 1.29 is 27.5 Å². The zero-order valence-corrected chi connectivity index (χ0v) is 22.1. The minimum absolute atomic E-state index is 0.0153. The molecular formula is C27H25N3O6S2. The van der Waals surface area contributed by atoms with Crippen LogP contribution in [0.1, 0.15) is 29.3 Å². The van der Waals surface area contributed by atoms with E-state index in [1.807, 2.05) is 30.5 Å². The van der Waals surface area contributed by atoms with Gasteiger partial charge in [0.1, 0.15) is 10.3 Å². The Bertz CT molecular complexity index is 1590. The van der Waals surface area contributed by atoms with E-state index in [0.717, 1.165) is 37.0 Å². The average molecular weight is 552 g/mol. The fraction of sp³-hybridized carbons (Fsp3) is 0.222. The van der Waals surface area contributed by atoms with Crippen molar-refractivity contribution in [2.75, 3.05) is 18.1 Å². The molecule has 9 nitrogen and oxygen atoms in total. The highest BCUT2D eigenvalue weighted by Gasteiger charge is 2.47. The molecule has 0 aliphatic carbocycles. The van der Waals surface area contributed by atoms with Crippen LogP contribution in [0, 0.1) is 0 Å². The van der Waals surface area contributed by atoms with Gasteiger partial charge in [0, 0.05) is 23.6 Å². The summed E-state index contributed by atoms with van der Waals surface area (Å²) < 4.78 is 33.6. The third-order valence-electron chi connectivity index (χ3n) is 6.44. The molecule has 11 heteroatoms. The molecule has 0 bridgehead atoms. The monoisotopic (exact) mass is 551 g/mol. The van der Waals surface area contributed by atoms with Crippen molar-refractivity contribution in [2.45, 2.75) is 30.0 Å². The highest BCUT2D eigenvalue weighted by molar-refractivity contribution is 7.91. The van der Waals surface area contributed by atoms with E-state index in [2.05, 4.69) is 4.98 Å². The number of carbonyl (C=O) groups is 3. The van der Waals surface area contributed by atoms with E-state index >= 15 is 0 Å². The van der Waals surface area contributed by atoms with Gasteiger partial charge in [0.15, 0.2) is 0 Å². The maximum Gasteiger partial charge on any atom is 0.338 e. The highest BCUT2D eigenvalue weighted by Crippen LogP contribution is 2.31. The number of sulfonamides is 1. The number of carbonyl (C=O) groups excluding carboxylic acids is 3. The number of imide groups is 1. The first-order valence-electron chi connectivity index (χ1n) is 12.1. The second kappa shape index (κ2) is 10.5. The summed E-state index contributed by atoms with van der Waals surface area (Å²) in [6.07, 6.45) is 1.90. The lowest BCUT2D eigenvalue weighted by Crippen LogP contribution is -2.46. The molecule has 1 unspecified atom stereocenters. The zero-order valence-electron chi connectivity index (χ0n) is 20.5. The molecule has 196 valence electrons. The maximum atomic E-state index is 13.7. The Balaban J connectivity index is 1.44. The van der Waals surface area contributed by atoms with Gasteiger partial charge in [-0.15, -0.1) is 11.3 Å². The third-order valence-corrected chi connectivity index (χ3v) is 9.72. The molecule has 5 rings (SSSR count). The molecule has 2 aromatic heterocycles. The summed E-state index contributed by atoms with van der Waals surface area (Å²) in [5.74, 6) is -1.65. The van der Waals surface area contributed by atoms with Crippen LogP contribution in [0.5, 0.6) is 0 Å². The Morgan fingerprint density at radius 1 is 1.11 bits per heavy atom. The molecule has 0 spiro atoms. The molecule has 2 amide bonds. The average Bonchev–Trinajstić information content (AvgIpc) is 3.65. The zero-order chi connectivity index (χ0) is 26.9. The molecule has 3 heterocycles. The van der Waals surface area contributed by atoms with Crippen LogP contribution in [0.2, 0.25) is 0 Å². The van der Waals surface area contributed by atoms with Gasteiger partial charge in [0.25, 0.3) is 15.9 Å². The number of nitrogens with zero attached hydrogens (tertiary/aromatic N) is 2. The van der Waals surface area contributed by atoms with Crippen molar-refractivity contribution in [3.8, 4) is 0 Å². The van der Waals surface area contributed by atoms with E-state index in [1.54, 1.807) is 18.4 Å². The number of nitrogens with one attached hydrogen (secondary N) is 1. The minimum Gasteiger partial charge on any atom is -0.462 e. The van der Waals surface area contributed by atoms with Crippen LogP contribution < -0.4 is 4.90 Å². The van der Waals surface area contributed by atoms with Crippen molar-refractivity contribution in [3.63, 3.8) is 0 Å². The molecule has 38 heavy (non-hydrogen) atoms. The number of thiophene rings is 1. The summed E-state index contributed by atoms with van der Waals surface area (Å²) >= 11 is 1.06. The summed E-state index contributed by atoms with van der Waals surface area (Å²) in [5, 5.41) is 2.63. The number of benzene rings is 2. The lowest BCUT2D eigenvalue weighted by molar-refractivity contribution is -0.122. The molecule has 4 aromatic rings. The number of para-hydroxylation sites is 1. The Labute approximate surface area is 223 Å². The Morgan fingerprint density at radius 2 is 1.87 bits per heavy atom. The summed E-state index contributed by atoms with van der Waals surface area (Å²) in [4.78, 5) is 42.8. The molecule has 1 aliphatic rings. The summed E-state index contributed by atoms with van der Waals surface area (Å²) in [7, 11) is -4.05. The molecule has 1 fully saturated rings. The smallest absolute Gasteiger partial charge is 0.338 e. The van der Waals surface area contributed by atoms with Crippen LogP contribution in [0.15, 0.2) is 76.4 Å². The number of fused-ring (bicyclic) bond motifs is 1. The molecule has 1 N–H and O–H groups in total. The Hall–Kier alpha value is -3.80. The summed E-state index contributed by atoms with van der Waals surface area (Å²) in [6.45, 7) is 1.93. The standard InChI is InChI=1S/C27H25N3O6S2/c1-2-36-27(33)18-9-11-20(12-10-18)30-24(31)16-23(26(30)32)29(38(34,35)25-8-5-15-37-25)14-13-19-17-28-22-7-4-3-6-21(19)22/h3-12,15,17,23,28H,2,13-14,16H2,1H3. The van der Waals surface area contributed by atoms with Crippen molar-refractivity contribution in [3.05, 3.63) is 83.4 Å². The Kier molecular flexibility index (Phi) is 7.15. The number of aromatic amines is 1. The lowest BCUT2D eigenvalue weighted by Gasteiger charge is -2.26. The van der Waals surface area contributed by atoms with Crippen molar-refractivity contribution in [1.29, 1.82) is 0 Å². The topological polar surface area (TPSA) is 117 Å². The first kappa shape index (κ1) is 25.8. The Morgan fingerprint density at radius 3 is 2.58 bits per heavy atom. The van der Waals surface area contributed by atoms with Crippen LogP contribution in [-0.4, -0.2) is 54.7 Å². The SMILES string of the molecule is CCOC(=O)c1ccc(N2C(=O)CC(N(CCc3c[nH]c4ccccc34)S(=O)(=O)c3cccs3)C2=O)cc1. The quantitative estimate of drug-likeness (QED) is 0.249. The molecule has 1 atom stereocenters. The summed E-state index contributed by atoms with van der Waals surface area (Å²) in [6, 6.07) is 15.5. The fourth-order valence-corrected chi connectivity index (χ4v) is 7.31. The highest BCUT2D eigenvalue weighted by atomic mass is 32.2. The number of hydrogen-bond donors (Lipinski definition) is 1. The molecule has 2 aromatic carbocycles. The number of H-pyrrole nitrogens is 1. The van der Waals surface area contributed by atoms with Gasteiger partial charge in [-0.05, 0) is 60.7 Å². The molecule has 1 aliphatic heterocycles. The van der Waals surface area contributed by atoms with Gasteiger partial charge >= 0.3 is 5.97 Å². The molecule has 1 saturated heterocycles. The van der Waals surface area contributed by atoms with Crippen LogP contribution in [0.3, 0.4) is 0 Å². The predicted octanol–water partition coefficient (Wildman–Crippen LogP) is 3.97. The van der Waals surface area contributed by atoms with Crippen LogP contribution in [0.25, 0.3) is 10.9 Å². The van der Waals surface area contributed by atoms with Gasteiger partial charge in [-0.2, -0.15) is 4.31 Å². The van der Waals surface area contributed by atoms with Crippen LogP contribution in [0.4, 0.5) is 5.69 Å². The first-order valence-corrected chi connectivity index (χ1v) is 14.4. The van der Waals surface area contributed by atoms with E-state index < -0.39 is 33.8 Å². The van der Waals surface area contributed by atoms with Crippen molar-refractivity contribution in [2.24, 2.45) is 0 Å². The number of ether oxygens (including phenoxy) is 1. The van der Waals surface area contributed by atoms with E-state index in [0.29, 0.717) is 6.42 Å².